The molecule has 1 saturated heterocycles. The van der Waals surface area contributed by atoms with Crippen LogP contribution in [0.2, 0.25) is 5.02 Å². The third-order valence-electron chi connectivity index (χ3n) is 8.34. The molecule has 1 aliphatic rings. The van der Waals surface area contributed by atoms with Crippen LogP contribution in [-0.2, 0) is 29.3 Å². The van der Waals surface area contributed by atoms with Crippen LogP contribution >= 0.6 is 11.6 Å². The third-order valence-corrected chi connectivity index (χ3v) is 8.59. The highest BCUT2D eigenvalue weighted by Crippen LogP contribution is 2.23. The summed E-state index contributed by atoms with van der Waals surface area (Å²) in [4.78, 5) is 22.6. The second kappa shape index (κ2) is 16.6. The lowest BCUT2D eigenvalue weighted by molar-refractivity contribution is -0.146. The number of likely N-dealkylation sites (tertiary alicyclic amines) is 1. The van der Waals surface area contributed by atoms with Gasteiger partial charge >= 0.3 is 5.97 Å². The number of rotatable bonds is 16. The van der Waals surface area contributed by atoms with E-state index in [0.717, 1.165) is 79.2 Å². The lowest BCUT2D eigenvalue weighted by Crippen LogP contribution is -2.36. The average Bonchev–Trinajstić information content (AvgIpc) is 3.41. The molecule has 0 saturated carbocycles. The van der Waals surface area contributed by atoms with Crippen LogP contribution in [0.5, 0.6) is 5.75 Å². The van der Waals surface area contributed by atoms with Crippen molar-refractivity contribution in [3.05, 3.63) is 94.8 Å². The van der Waals surface area contributed by atoms with Gasteiger partial charge < -0.3 is 18.9 Å². The number of nitrogens with zero attached hydrogens (tertiary/aromatic N) is 4. The summed E-state index contributed by atoms with van der Waals surface area (Å²) < 4.78 is 14.0. The SMILES string of the molecule is Cc1cccc2c1nc(COc1ccc(Cl)cc1)n2CCCCN(CCCN1CCCCC1)CC(=O)OCc1ccccc1. The quantitative estimate of drug-likeness (QED) is 0.0974. The fourth-order valence-electron chi connectivity index (χ4n) is 5.92. The summed E-state index contributed by atoms with van der Waals surface area (Å²) in [6.45, 7) is 9.17. The topological polar surface area (TPSA) is 59.8 Å². The van der Waals surface area contributed by atoms with E-state index in [-0.39, 0.29) is 5.97 Å². The van der Waals surface area contributed by atoms with Gasteiger partial charge in [-0.05, 0) is 113 Å². The van der Waals surface area contributed by atoms with Gasteiger partial charge in [0.2, 0.25) is 0 Å². The van der Waals surface area contributed by atoms with E-state index >= 15 is 0 Å². The highest BCUT2D eigenvalue weighted by Gasteiger charge is 2.16. The number of imidazole rings is 1. The highest BCUT2D eigenvalue weighted by atomic mass is 35.5. The maximum atomic E-state index is 12.8. The molecule has 0 atom stereocenters. The van der Waals surface area contributed by atoms with Crippen LogP contribution in [0.15, 0.2) is 72.8 Å². The number of para-hydroxylation sites is 1. The summed E-state index contributed by atoms with van der Waals surface area (Å²) >= 11 is 6.05. The molecule has 0 spiro atoms. The fraction of sp³-hybridized carbons (Fsp3) is 0.444. The van der Waals surface area contributed by atoms with Crippen molar-refractivity contribution in [3.8, 4) is 5.75 Å². The van der Waals surface area contributed by atoms with Gasteiger partial charge in [0.05, 0.1) is 17.6 Å². The normalized spacial score (nSPS) is 13.9. The number of carbonyl (C=O) groups is 1. The summed E-state index contributed by atoms with van der Waals surface area (Å²) in [6.07, 6.45) is 6.93. The Kier molecular flexibility index (Phi) is 12.1. The molecule has 234 valence electrons. The number of benzene rings is 3. The first-order valence-corrected chi connectivity index (χ1v) is 16.4. The van der Waals surface area contributed by atoms with Gasteiger partial charge in [0.1, 0.15) is 24.8 Å². The largest absolute Gasteiger partial charge is 0.486 e. The molecule has 7 nitrogen and oxygen atoms in total. The highest BCUT2D eigenvalue weighted by molar-refractivity contribution is 6.30. The van der Waals surface area contributed by atoms with Gasteiger partial charge in [0.25, 0.3) is 0 Å². The zero-order valence-electron chi connectivity index (χ0n) is 25.9. The van der Waals surface area contributed by atoms with Crippen molar-refractivity contribution in [3.63, 3.8) is 0 Å². The molecule has 0 amide bonds. The number of aromatic nitrogens is 2. The van der Waals surface area contributed by atoms with Crippen LogP contribution < -0.4 is 4.74 Å². The lowest BCUT2D eigenvalue weighted by atomic mass is 10.1. The number of aryl methyl sites for hydroxylation is 2. The van der Waals surface area contributed by atoms with E-state index in [1.54, 1.807) is 0 Å². The van der Waals surface area contributed by atoms with Crippen molar-refractivity contribution in [1.82, 2.24) is 19.4 Å². The van der Waals surface area contributed by atoms with E-state index in [9.17, 15) is 4.79 Å². The molecule has 1 aromatic heterocycles. The van der Waals surface area contributed by atoms with Gasteiger partial charge in [-0.25, -0.2) is 4.98 Å². The molecule has 4 aromatic rings. The number of hydrogen-bond acceptors (Lipinski definition) is 6. The van der Waals surface area contributed by atoms with E-state index < -0.39 is 0 Å². The van der Waals surface area contributed by atoms with Crippen molar-refractivity contribution in [2.45, 2.75) is 65.2 Å². The van der Waals surface area contributed by atoms with Gasteiger partial charge in [0.15, 0.2) is 0 Å². The average molecular weight is 617 g/mol. The zero-order chi connectivity index (χ0) is 30.6. The molecule has 0 N–H and O–H groups in total. The van der Waals surface area contributed by atoms with Crippen molar-refractivity contribution in [2.24, 2.45) is 0 Å². The first-order chi connectivity index (χ1) is 21.5. The zero-order valence-corrected chi connectivity index (χ0v) is 26.7. The molecule has 2 heterocycles. The molecule has 3 aromatic carbocycles. The first kappa shape index (κ1) is 32.0. The Morgan fingerprint density at radius 3 is 2.43 bits per heavy atom. The minimum atomic E-state index is -0.162. The number of halogens is 1. The van der Waals surface area contributed by atoms with Gasteiger partial charge in [-0.1, -0.05) is 60.5 Å². The second-order valence-corrected chi connectivity index (χ2v) is 12.2. The standard InChI is InChI=1S/C36H45ClN4O3/c1-29-12-10-15-33-36(29)38-34(28-43-32-18-16-31(37)17-19-32)41(33)25-9-8-22-40(24-11-23-39-20-6-3-7-21-39)26-35(42)44-27-30-13-4-2-5-14-30/h2,4-5,10,12-19H,3,6-9,11,20-28H2,1H3. The Hall–Kier alpha value is -3.39. The van der Waals surface area contributed by atoms with E-state index in [1.807, 2.05) is 54.6 Å². The Morgan fingerprint density at radius 2 is 1.64 bits per heavy atom. The third kappa shape index (κ3) is 9.55. The number of hydrogen-bond donors (Lipinski definition) is 0. The van der Waals surface area contributed by atoms with Crippen LogP contribution in [0.4, 0.5) is 0 Å². The number of unbranched alkanes of at least 4 members (excludes halogenated alkanes) is 1. The predicted molar refractivity (Wildman–Crippen MR) is 177 cm³/mol. The molecule has 0 radical (unpaired) electrons. The molecule has 0 aliphatic carbocycles. The number of ether oxygens (including phenoxy) is 2. The first-order valence-electron chi connectivity index (χ1n) is 16.0. The molecular weight excluding hydrogens is 572 g/mol. The van der Waals surface area contributed by atoms with Crippen LogP contribution in [0.1, 0.15) is 55.5 Å². The lowest BCUT2D eigenvalue weighted by Gasteiger charge is -2.28. The van der Waals surface area contributed by atoms with Crippen molar-refractivity contribution >= 4 is 28.6 Å². The second-order valence-electron chi connectivity index (χ2n) is 11.8. The predicted octanol–water partition coefficient (Wildman–Crippen LogP) is 7.28. The van der Waals surface area contributed by atoms with E-state index in [4.69, 9.17) is 26.1 Å². The van der Waals surface area contributed by atoms with Gasteiger partial charge in [-0.3, -0.25) is 9.69 Å². The molecule has 44 heavy (non-hydrogen) atoms. The van der Waals surface area contributed by atoms with Crippen LogP contribution in [-0.4, -0.2) is 64.6 Å². The smallest absolute Gasteiger partial charge is 0.320 e. The maximum absolute atomic E-state index is 12.8. The van der Waals surface area contributed by atoms with Crippen molar-refractivity contribution in [1.29, 1.82) is 0 Å². The Bertz CT molecular complexity index is 1450. The van der Waals surface area contributed by atoms with Crippen molar-refractivity contribution in [2.75, 3.05) is 39.3 Å². The van der Waals surface area contributed by atoms with E-state index in [1.165, 1.54) is 32.4 Å². The van der Waals surface area contributed by atoms with Crippen LogP contribution in [0, 0.1) is 6.92 Å². The molecule has 1 fully saturated rings. The monoisotopic (exact) mass is 616 g/mol. The Labute approximate surface area is 266 Å². The summed E-state index contributed by atoms with van der Waals surface area (Å²) in [5, 5.41) is 0.685. The Balaban J connectivity index is 1.17. The van der Waals surface area contributed by atoms with Crippen molar-refractivity contribution < 1.29 is 14.3 Å². The van der Waals surface area contributed by atoms with Crippen LogP contribution in [0.3, 0.4) is 0 Å². The molecule has 8 heteroatoms. The van der Waals surface area contributed by atoms with E-state index in [2.05, 4.69) is 39.5 Å². The minimum absolute atomic E-state index is 0.162. The number of carbonyl (C=O) groups excluding carboxylic acids is 1. The molecule has 1 aliphatic heterocycles. The van der Waals surface area contributed by atoms with Crippen LogP contribution in [0.25, 0.3) is 11.0 Å². The number of esters is 1. The molecule has 0 bridgehead atoms. The molecule has 0 unspecified atom stereocenters. The van der Waals surface area contributed by atoms with Gasteiger partial charge in [-0.2, -0.15) is 0 Å². The van der Waals surface area contributed by atoms with Gasteiger partial charge in [0, 0.05) is 11.6 Å². The summed E-state index contributed by atoms with van der Waals surface area (Å²) in [5.41, 5.74) is 4.31. The minimum Gasteiger partial charge on any atom is -0.486 e. The van der Waals surface area contributed by atoms with Gasteiger partial charge in [-0.15, -0.1) is 0 Å². The number of piperidine rings is 1. The molecule has 5 rings (SSSR count). The summed E-state index contributed by atoms with van der Waals surface area (Å²) in [5.74, 6) is 1.51. The number of fused-ring (bicyclic) bond motifs is 1. The summed E-state index contributed by atoms with van der Waals surface area (Å²) in [6, 6.07) is 23.6. The fourth-order valence-corrected chi connectivity index (χ4v) is 6.04. The molecular formula is C36H45ClN4O3. The van der Waals surface area contributed by atoms with E-state index in [0.29, 0.717) is 24.8 Å². The summed E-state index contributed by atoms with van der Waals surface area (Å²) in [7, 11) is 0. The maximum Gasteiger partial charge on any atom is 0.320 e. The Morgan fingerprint density at radius 1 is 0.864 bits per heavy atom.